The number of nitrogens with zero attached hydrogens (tertiary/aromatic N) is 1. The zero-order valence-electron chi connectivity index (χ0n) is 14.5. The topological polar surface area (TPSA) is 100 Å². The fourth-order valence-electron chi connectivity index (χ4n) is 2.48. The Labute approximate surface area is 148 Å². The van der Waals surface area contributed by atoms with E-state index in [0.29, 0.717) is 5.82 Å². The number of rotatable bonds is 10. The molecule has 0 aliphatic heterocycles. The first-order valence-corrected chi connectivity index (χ1v) is 8.54. The van der Waals surface area contributed by atoms with Crippen molar-refractivity contribution in [2.24, 2.45) is 0 Å². The van der Waals surface area contributed by atoms with Crippen molar-refractivity contribution >= 4 is 17.5 Å². The first-order chi connectivity index (χ1) is 12.1. The van der Waals surface area contributed by atoms with Crippen LogP contribution in [0.1, 0.15) is 30.4 Å². The van der Waals surface area contributed by atoms with Gasteiger partial charge in [-0.25, -0.2) is 4.98 Å². The molecule has 1 aromatic carbocycles. The minimum atomic E-state index is -0.795. The molecule has 0 saturated carbocycles. The molecule has 6 heteroatoms. The Morgan fingerprint density at radius 2 is 1.96 bits per heavy atom. The molecule has 5 N–H and O–H groups in total. The minimum Gasteiger partial charge on any atom is -0.481 e. The number of nitrogens with one attached hydrogen (secondary N) is 2. The highest BCUT2D eigenvalue weighted by molar-refractivity contribution is 5.75. The third-order valence-corrected chi connectivity index (χ3v) is 4.12. The monoisotopic (exact) mass is 342 g/mol. The van der Waals surface area contributed by atoms with Crippen molar-refractivity contribution in [1.29, 1.82) is 0 Å². The van der Waals surface area contributed by atoms with Gasteiger partial charge in [-0.05, 0) is 56.1 Å². The van der Waals surface area contributed by atoms with E-state index in [1.54, 1.807) is 13.1 Å². The Balaban J connectivity index is 1.60. The summed E-state index contributed by atoms with van der Waals surface area (Å²) in [4.78, 5) is 15.0. The van der Waals surface area contributed by atoms with Crippen LogP contribution in [0, 0.1) is 0 Å². The molecule has 1 atom stereocenters. The summed E-state index contributed by atoms with van der Waals surface area (Å²) >= 11 is 0. The second-order valence-electron chi connectivity index (χ2n) is 6.02. The van der Waals surface area contributed by atoms with Crippen molar-refractivity contribution in [3.8, 4) is 0 Å². The van der Waals surface area contributed by atoms with E-state index in [1.807, 2.05) is 36.4 Å². The number of anilines is 2. The van der Waals surface area contributed by atoms with Crippen LogP contribution in [0.25, 0.3) is 0 Å². The van der Waals surface area contributed by atoms with Crippen molar-refractivity contribution in [2.75, 3.05) is 30.7 Å². The van der Waals surface area contributed by atoms with Gasteiger partial charge in [0.1, 0.15) is 5.82 Å². The quantitative estimate of drug-likeness (QED) is 0.495. The van der Waals surface area contributed by atoms with E-state index in [-0.39, 0.29) is 0 Å². The molecule has 0 saturated heterocycles. The molecule has 0 fully saturated rings. The number of hydrogen-bond donors (Lipinski definition) is 4. The highest BCUT2D eigenvalue weighted by Gasteiger charge is 2.12. The van der Waals surface area contributed by atoms with Gasteiger partial charge in [0, 0.05) is 12.7 Å². The maximum absolute atomic E-state index is 11.0. The molecule has 0 radical (unpaired) electrons. The Bertz CT molecular complexity index is 673. The second-order valence-corrected chi connectivity index (χ2v) is 6.02. The number of nitrogens with two attached hydrogens (primary N) is 1. The number of aromatic nitrogens is 1. The van der Waals surface area contributed by atoms with Crippen LogP contribution in [0.3, 0.4) is 0 Å². The van der Waals surface area contributed by atoms with Gasteiger partial charge in [0.15, 0.2) is 0 Å². The average Bonchev–Trinajstić information content (AvgIpc) is 2.62. The molecule has 1 heterocycles. The summed E-state index contributed by atoms with van der Waals surface area (Å²) in [7, 11) is 0. The molecule has 0 amide bonds. The Kier molecular flexibility index (Phi) is 7.22. The number of aliphatic carboxylic acids is 1. The molecule has 0 aliphatic carbocycles. The molecule has 0 spiro atoms. The smallest absolute Gasteiger partial charge is 0.310 e. The molecule has 0 aliphatic rings. The summed E-state index contributed by atoms with van der Waals surface area (Å²) < 4.78 is 0. The fraction of sp³-hybridized carbons (Fsp3) is 0.368. The van der Waals surface area contributed by atoms with Crippen molar-refractivity contribution in [3.05, 3.63) is 53.7 Å². The van der Waals surface area contributed by atoms with Gasteiger partial charge in [0.2, 0.25) is 0 Å². The molecule has 25 heavy (non-hydrogen) atoms. The molecule has 1 aromatic heterocycles. The summed E-state index contributed by atoms with van der Waals surface area (Å²) in [5, 5.41) is 15.7. The van der Waals surface area contributed by atoms with Crippen LogP contribution in [0.2, 0.25) is 0 Å². The zero-order valence-corrected chi connectivity index (χ0v) is 14.5. The third-order valence-electron chi connectivity index (χ3n) is 4.12. The second kappa shape index (κ2) is 9.64. The maximum atomic E-state index is 11.0. The van der Waals surface area contributed by atoms with Crippen molar-refractivity contribution in [2.45, 2.75) is 25.7 Å². The number of hydrogen-bond acceptors (Lipinski definition) is 5. The van der Waals surface area contributed by atoms with Crippen molar-refractivity contribution in [3.63, 3.8) is 0 Å². The number of carboxylic acids is 1. The Morgan fingerprint density at radius 3 is 2.64 bits per heavy atom. The third kappa shape index (κ3) is 6.08. The highest BCUT2D eigenvalue weighted by atomic mass is 16.4. The standard InChI is InChI=1S/C19H26N4O2/c1-14(19(24)25)16-7-5-15(6-8-16)9-13-21-10-3-12-22-17-4-2-11-23-18(17)20/h2,4-8,11,14,21-22H,3,9-10,12-13H2,1H3,(H2,20,23)(H,24,25). The zero-order chi connectivity index (χ0) is 18.1. The summed E-state index contributed by atoms with van der Waals surface area (Å²) in [6, 6.07) is 11.6. The molecule has 0 bridgehead atoms. The van der Waals surface area contributed by atoms with E-state index in [9.17, 15) is 4.79 Å². The molecule has 1 unspecified atom stereocenters. The Hall–Kier alpha value is -2.60. The predicted molar refractivity (Wildman–Crippen MR) is 101 cm³/mol. The van der Waals surface area contributed by atoms with Gasteiger partial charge in [-0.3, -0.25) is 4.79 Å². The molecule has 6 nitrogen and oxygen atoms in total. The van der Waals surface area contributed by atoms with E-state index >= 15 is 0 Å². The van der Waals surface area contributed by atoms with Crippen molar-refractivity contribution < 1.29 is 9.90 Å². The van der Waals surface area contributed by atoms with Gasteiger partial charge in [-0.2, -0.15) is 0 Å². The predicted octanol–water partition coefficient (Wildman–Crippen LogP) is 2.49. The lowest BCUT2D eigenvalue weighted by molar-refractivity contribution is -0.138. The van der Waals surface area contributed by atoms with Gasteiger partial charge in [-0.1, -0.05) is 24.3 Å². The molecule has 2 rings (SSSR count). The van der Waals surface area contributed by atoms with Gasteiger partial charge in [-0.15, -0.1) is 0 Å². The lowest BCUT2D eigenvalue weighted by atomic mass is 9.99. The first kappa shape index (κ1) is 18.7. The lowest BCUT2D eigenvalue weighted by Crippen LogP contribution is -2.21. The van der Waals surface area contributed by atoms with E-state index in [0.717, 1.165) is 43.7 Å². The summed E-state index contributed by atoms with van der Waals surface area (Å²) in [6.07, 6.45) is 3.59. The summed E-state index contributed by atoms with van der Waals surface area (Å²) in [6.45, 7) is 4.35. The van der Waals surface area contributed by atoms with E-state index in [4.69, 9.17) is 10.8 Å². The average molecular weight is 342 g/mol. The number of nitrogen functional groups attached to an aromatic ring is 1. The number of pyridine rings is 1. The maximum Gasteiger partial charge on any atom is 0.310 e. The van der Waals surface area contributed by atoms with Crippen LogP contribution in [0.4, 0.5) is 11.5 Å². The van der Waals surface area contributed by atoms with Crippen LogP contribution in [-0.2, 0) is 11.2 Å². The van der Waals surface area contributed by atoms with E-state index in [2.05, 4.69) is 15.6 Å². The van der Waals surface area contributed by atoms with E-state index < -0.39 is 11.9 Å². The van der Waals surface area contributed by atoms with Crippen LogP contribution in [0.5, 0.6) is 0 Å². The SMILES string of the molecule is CC(C(=O)O)c1ccc(CCNCCCNc2cccnc2N)cc1. The number of carboxylic acid groups (broad SMARTS) is 1. The lowest BCUT2D eigenvalue weighted by Gasteiger charge is -2.10. The van der Waals surface area contributed by atoms with Gasteiger partial charge < -0.3 is 21.5 Å². The van der Waals surface area contributed by atoms with Gasteiger partial charge >= 0.3 is 5.97 Å². The normalized spacial score (nSPS) is 11.9. The van der Waals surface area contributed by atoms with Crippen molar-refractivity contribution in [1.82, 2.24) is 10.3 Å². The largest absolute Gasteiger partial charge is 0.481 e. The highest BCUT2D eigenvalue weighted by Crippen LogP contribution is 2.16. The van der Waals surface area contributed by atoms with Crippen LogP contribution in [-0.4, -0.2) is 35.7 Å². The van der Waals surface area contributed by atoms with Crippen LogP contribution < -0.4 is 16.4 Å². The molecular formula is C19H26N4O2. The molecule has 2 aromatic rings. The van der Waals surface area contributed by atoms with E-state index in [1.165, 1.54) is 5.56 Å². The number of carbonyl (C=O) groups is 1. The molecular weight excluding hydrogens is 316 g/mol. The van der Waals surface area contributed by atoms with Gasteiger partial charge in [0.05, 0.1) is 11.6 Å². The minimum absolute atomic E-state index is 0.464. The van der Waals surface area contributed by atoms with Gasteiger partial charge in [0.25, 0.3) is 0 Å². The Morgan fingerprint density at radius 1 is 1.20 bits per heavy atom. The summed E-state index contributed by atoms with van der Waals surface area (Å²) in [5.74, 6) is -0.735. The first-order valence-electron chi connectivity index (χ1n) is 8.54. The molecule has 134 valence electrons. The van der Waals surface area contributed by atoms with Crippen LogP contribution in [0.15, 0.2) is 42.6 Å². The number of benzene rings is 1. The summed E-state index contributed by atoms with van der Waals surface area (Å²) in [5.41, 5.74) is 8.69. The van der Waals surface area contributed by atoms with Crippen LogP contribution >= 0.6 is 0 Å². The fourth-order valence-corrected chi connectivity index (χ4v) is 2.48.